The number of piperidine rings is 2. The lowest BCUT2D eigenvalue weighted by Crippen LogP contribution is -2.54. The highest BCUT2D eigenvalue weighted by Gasteiger charge is 2.54. The molecule has 3 aliphatic rings. The fourth-order valence-corrected chi connectivity index (χ4v) is 3.99. The van der Waals surface area contributed by atoms with Crippen molar-refractivity contribution in [1.29, 1.82) is 0 Å². The molecule has 0 saturated carbocycles. The monoisotopic (exact) mass is 243 g/mol. The van der Waals surface area contributed by atoms with Gasteiger partial charge in [-0.3, -0.25) is 4.90 Å². The minimum Gasteiger partial charge on any atom is -0.369 e. The van der Waals surface area contributed by atoms with E-state index in [0.29, 0.717) is 5.60 Å². The molecular weight excluding hydrogens is 222 g/mol. The van der Waals surface area contributed by atoms with E-state index in [1.165, 1.54) is 37.7 Å². The third-order valence-corrected chi connectivity index (χ3v) is 4.99. The first-order chi connectivity index (χ1) is 8.85. The lowest BCUT2D eigenvalue weighted by atomic mass is 9.78. The van der Waals surface area contributed by atoms with Crippen molar-refractivity contribution in [2.75, 3.05) is 6.61 Å². The SMILES string of the molecule is c1ccc(CN2C3CCCC2CC2(CO2)C3)cc1. The van der Waals surface area contributed by atoms with Crippen molar-refractivity contribution in [3.63, 3.8) is 0 Å². The molecule has 2 unspecified atom stereocenters. The number of fused-ring (bicyclic) bond motifs is 2. The third-order valence-electron chi connectivity index (χ3n) is 4.99. The van der Waals surface area contributed by atoms with Crippen LogP contribution in [-0.4, -0.2) is 29.2 Å². The standard InChI is InChI=1S/C16H21NO/c1-2-5-13(6-3-1)11-17-14-7-4-8-15(17)10-16(9-14)12-18-16/h1-3,5-6,14-15H,4,7-12H2. The normalized spacial score (nSPS) is 38.9. The van der Waals surface area contributed by atoms with Crippen molar-refractivity contribution in [3.8, 4) is 0 Å². The van der Waals surface area contributed by atoms with E-state index in [4.69, 9.17) is 4.74 Å². The van der Waals surface area contributed by atoms with Gasteiger partial charge in [0.2, 0.25) is 0 Å². The quantitative estimate of drug-likeness (QED) is 0.742. The van der Waals surface area contributed by atoms with Crippen LogP contribution in [0.5, 0.6) is 0 Å². The molecule has 1 spiro atoms. The molecule has 3 fully saturated rings. The zero-order valence-electron chi connectivity index (χ0n) is 10.8. The molecule has 3 aliphatic heterocycles. The van der Waals surface area contributed by atoms with Gasteiger partial charge >= 0.3 is 0 Å². The van der Waals surface area contributed by atoms with Crippen LogP contribution in [0.25, 0.3) is 0 Å². The summed E-state index contributed by atoms with van der Waals surface area (Å²) in [5.74, 6) is 0. The number of epoxide rings is 1. The van der Waals surface area contributed by atoms with Gasteiger partial charge in [-0.1, -0.05) is 36.8 Å². The molecular formula is C16H21NO. The Morgan fingerprint density at radius 1 is 1.11 bits per heavy atom. The summed E-state index contributed by atoms with van der Waals surface area (Å²) in [5, 5.41) is 0. The van der Waals surface area contributed by atoms with Crippen molar-refractivity contribution in [2.24, 2.45) is 0 Å². The summed E-state index contributed by atoms with van der Waals surface area (Å²) in [6.45, 7) is 2.16. The van der Waals surface area contributed by atoms with Crippen LogP contribution in [0.1, 0.15) is 37.7 Å². The highest BCUT2D eigenvalue weighted by Crippen LogP contribution is 2.47. The Bertz CT molecular complexity index is 410. The van der Waals surface area contributed by atoms with Crippen molar-refractivity contribution in [2.45, 2.75) is 56.3 Å². The number of ether oxygens (including phenoxy) is 1. The molecule has 96 valence electrons. The minimum absolute atomic E-state index is 0.308. The molecule has 0 aromatic heterocycles. The zero-order valence-corrected chi connectivity index (χ0v) is 10.8. The number of hydrogen-bond donors (Lipinski definition) is 0. The second-order valence-electron chi connectivity index (χ2n) is 6.28. The van der Waals surface area contributed by atoms with E-state index < -0.39 is 0 Å². The molecule has 2 atom stereocenters. The van der Waals surface area contributed by atoms with Crippen molar-refractivity contribution < 1.29 is 4.74 Å². The maximum absolute atomic E-state index is 5.75. The highest BCUT2D eigenvalue weighted by atomic mass is 16.6. The topological polar surface area (TPSA) is 15.8 Å². The lowest BCUT2D eigenvalue weighted by Gasteiger charge is -2.48. The van der Waals surface area contributed by atoms with E-state index in [2.05, 4.69) is 35.2 Å². The van der Waals surface area contributed by atoms with Gasteiger partial charge in [0.25, 0.3) is 0 Å². The first-order valence-electron chi connectivity index (χ1n) is 7.28. The highest BCUT2D eigenvalue weighted by molar-refractivity contribution is 5.16. The molecule has 0 amide bonds. The Labute approximate surface area is 109 Å². The molecule has 3 saturated heterocycles. The van der Waals surface area contributed by atoms with Gasteiger partial charge in [-0.2, -0.15) is 0 Å². The number of nitrogens with zero attached hydrogens (tertiary/aromatic N) is 1. The average Bonchev–Trinajstić information content (AvgIpc) is 3.12. The Morgan fingerprint density at radius 3 is 2.39 bits per heavy atom. The number of rotatable bonds is 2. The fourth-order valence-electron chi connectivity index (χ4n) is 3.99. The summed E-state index contributed by atoms with van der Waals surface area (Å²) in [6, 6.07) is 12.5. The molecule has 2 bridgehead atoms. The predicted molar refractivity (Wildman–Crippen MR) is 71.3 cm³/mol. The first kappa shape index (κ1) is 11.0. The summed E-state index contributed by atoms with van der Waals surface area (Å²) < 4.78 is 5.75. The Morgan fingerprint density at radius 2 is 1.78 bits per heavy atom. The van der Waals surface area contributed by atoms with Crippen LogP contribution in [-0.2, 0) is 11.3 Å². The van der Waals surface area contributed by atoms with E-state index in [-0.39, 0.29) is 0 Å². The molecule has 1 aromatic carbocycles. The predicted octanol–water partition coefficient (Wildman–Crippen LogP) is 2.97. The summed E-state index contributed by atoms with van der Waals surface area (Å²) in [6.07, 6.45) is 6.70. The van der Waals surface area contributed by atoms with Gasteiger partial charge in [-0.15, -0.1) is 0 Å². The average molecular weight is 243 g/mol. The van der Waals surface area contributed by atoms with Gasteiger partial charge in [0.1, 0.15) is 0 Å². The van der Waals surface area contributed by atoms with E-state index in [9.17, 15) is 0 Å². The smallest absolute Gasteiger partial charge is 0.0946 e. The first-order valence-corrected chi connectivity index (χ1v) is 7.28. The van der Waals surface area contributed by atoms with E-state index in [0.717, 1.165) is 25.2 Å². The van der Waals surface area contributed by atoms with Crippen molar-refractivity contribution in [3.05, 3.63) is 35.9 Å². The van der Waals surface area contributed by atoms with Gasteiger partial charge < -0.3 is 4.74 Å². The molecule has 4 rings (SSSR count). The number of benzene rings is 1. The van der Waals surface area contributed by atoms with E-state index in [1.807, 2.05) is 0 Å². The van der Waals surface area contributed by atoms with Gasteiger partial charge in [0, 0.05) is 18.6 Å². The van der Waals surface area contributed by atoms with Crippen molar-refractivity contribution >= 4 is 0 Å². The van der Waals surface area contributed by atoms with Crippen LogP contribution in [0.15, 0.2) is 30.3 Å². The van der Waals surface area contributed by atoms with Crippen LogP contribution in [0.3, 0.4) is 0 Å². The van der Waals surface area contributed by atoms with Gasteiger partial charge in [-0.05, 0) is 31.2 Å². The molecule has 0 radical (unpaired) electrons. The molecule has 2 heteroatoms. The van der Waals surface area contributed by atoms with Crippen LogP contribution in [0, 0.1) is 0 Å². The molecule has 18 heavy (non-hydrogen) atoms. The zero-order chi connectivity index (χ0) is 12.0. The van der Waals surface area contributed by atoms with Gasteiger partial charge in [0.15, 0.2) is 0 Å². The second-order valence-corrected chi connectivity index (χ2v) is 6.28. The Kier molecular flexibility index (Phi) is 2.49. The van der Waals surface area contributed by atoms with Crippen LogP contribution in [0.2, 0.25) is 0 Å². The Balaban J connectivity index is 1.54. The summed E-state index contributed by atoms with van der Waals surface area (Å²) in [4.78, 5) is 2.76. The molecule has 0 N–H and O–H groups in total. The van der Waals surface area contributed by atoms with Crippen LogP contribution < -0.4 is 0 Å². The molecule has 3 heterocycles. The number of hydrogen-bond acceptors (Lipinski definition) is 2. The van der Waals surface area contributed by atoms with Gasteiger partial charge in [0.05, 0.1) is 12.2 Å². The molecule has 2 nitrogen and oxygen atoms in total. The third kappa shape index (κ3) is 1.88. The summed E-state index contributed by atoms with van der Waals surface area (Å²) in [5.41, 5.74) is 1.77. The van der Waals surface area contributed by atoms with Crippen molar-refractivity contribution in [1.82, 2.24) is 4.90 Å². The minimum atomic E-state index is 0.308. The largest absolute Gasteiger partial charge is 0.369 e. The Hall–Kier alpha value is -0.860. The molecule has 1 aromatic rings. The maximum atomic E-state index is 5.75. The lowest BCUT2D eigenvalue weighted by molar-refractivity contribution is -0.00513. The fraction of sp³-hybridized carbons (Fsp3) is 0.625. The van der Waals surface area contributed by atoms with Crippen LogP contribution >= 0.6 is 0 Å². The molecule has 0 aliphatic carbocycles. The van der Waals surface area contributed by atoms with E-state index >= 15 is 0 Å². The van der Waals surface area contributed by atoms with Gasteiger partial charge in [-0.25, -0.2) is 0 Å². The van der Waals surface area contributed by atoms with E-state index in [1.54, 1.807) is 0 Å². The summed E-state index contributed by atoms with van der Waals surface area (Å²) in [7, 11) is 0. The van der Waals surface area contributed by atoms with Crippen LogP contribution in [0.4, 0.5) is 0 Å². The summed E-state index contributed by atoms with van der Waals surface area (Å²) >= 11 is 0. The maximum Gasteiger partial charge on any atom is 0.0946 e. The second kappa shape index (κ2) is 4.07.